The van der Waals surface area contributed by atoms with Gasteiger partial charge in [-0.2, -0.15) is 0 Å². The predicted octanol–water partition coefficient (Wildman–Crippen LogP) is 2.46. The van der Waals surface area contributed by atoms with Crippen LogP contribution in [0.3, 0.4) is 0 Å². The molecule has 1 heterocycles. The molecule has 5 nitrogen and oxygen atoms in total. The number of thiophene rings is 1. The molecule has 114 valence electrons. The maximum absolute atomic E-state index is 12.5. The first-order chi connectivity index (χ1) is 9.97. The molecule has 0 amide bonds. The lowest BCUT2D eigenvalue weighted by atomic mass is 10.2. The van der Waals surface area contributed by atoms with E-state index in [0.29, 0.717) is 18.8 Å². The molecule has 0 fully saturated rings. The molecule has 1 aromatic heterocycles. The monoisotopic (exact) mass is 326 g/mol. The molecule has 0 atom stereocenters. The van der Waals surface area contributed by atoms with Crippen molar-refractivity contribution in [2.75, 3.05) is 11.8 Å². The van der Waals surface area contributed by atoms with Gasteiger partial charge in [-0.25, -0.2) is 8.42 Å². The van der Waals surface area contributed by atoms with Gasteiger partial charge in [0.1, 0.15) is 4.90 Å². The Morgan fingerprint density at radius 3 is 2.67 bits per heavy atom. The number of benzene rings is 1. The van der Waals surface area contributed by atoms with Crippen LogP contribution in [0.5, 0.6) is 0 Å². The van der Waals surface area contributed by atoms with Gasteiger partial charge in [0.05, 0.1) is 12.3 Å². The summed E-state index contributed by atoms with van der Waals surface area (Å²) in [6.45, 7) is 2.45. The van der Waals surface area contributed by atoms with Crippen LogP contribution >= 0.6 is 11.3 Å². The molecule has 0 aliphatic carbocycles. The van der Waals surface area contributed by atoms with Gasteiger partial charge < -0.3 is 10.5 Å². The van der Waals surface area contributed by atoms with Crippen molar-refractivity contribution in [2.45, 2.75) is 25.0 Å². The minimum Gasteiger partial charge on any atom is -0.380 e. The molecule has 0 aliphatic heterocycles. The lowest BCUT2D eigenvalue weighted by molar-refractivity contribution is 0.185. The van der Waals surface area contributed by atoms with E-state index in [1.807, 2.05) is 12.1 Å². The number of nitrogens with one attached hydrogen (secondary N) is 1. The van der Waals surface area contributed by atoms with Crippen LogP contribution < -0.4 is 10.5 Å². The summed E-state index contributed by atoms with van der Waals surface area (Å²) in [4.78, 5) is 1.85. The molecule has 21 heavy (non-hydrogen) atoms. The molecule has 0 aliphatic rings. The molecule has 2 aromatic rings. The Labute approximate surface area is 128 Å². The molecule has 3 N–H and O–H groups in total. The lowest BCUT2D eigenvalue weighted by Gasteiger charge is -2.11. The maximum atomic E-state index is 12.5. The van der Waals surface area contributed by atoms with Crippen LogP contribution in [0.2, 0.25) is 0 Å². The Hall–Kier alpha value is -1.41. The zero-order valence-corrected chi connectivity index (χ0v) is 13.6. The van der Waals surface area contributed by atoms with E-state index in [2.05, 4.69) is 4.72 Å². The third kappa shape index (κ3) is 3.62. The van der Waals surface area contributed by atoms with Crippen LogP contribution in [-0.4, -0.2) is 15.5 Å². The quantitative estimate of drug-likeness (QED) is 0.854. The Bertz CT molecular complexity index is 724. The highest BCUT2D eigenvalue weighted by Crippen LogP contribution is 2.28. The maximum Gasteiger partial charge on any atom is 0.263 e. The number of rotatable bonds is 6. The summed E-state index contributed by atoms with van der Waals surface area (Å²) in [5.41, 5.74) is 6.88. The normalized spacial score (nSPS) is 11.6. The first kappa shape index (κ1) is 16.0. The van der Waals surface area contributed by atoms with Crippen molar-refractivity contribution >= 4 is 27.0 Å². The van der Waals surface area contributed by atoms with Crippen LogP contribution in [0, 0.1) is 6.92 Å². The average Bonchev–Trinajstić information content (AvgIpc) is 2.83. The number of methoxy groups -OCH3 is 1. The van der Waals surface area contributed by atoms with Crippen molar-refractivity contribution in [3.8, 4) is 0 Å². The number of sulfonamides is 1. The third-order valence-electron chi connectivity index (χ3n) is 2.98. The predicted molar refractivity (Wildman–Crippen MR) is 84.9 cm³/mol. The molecule has 0 bridgehead atoms. The molecule has 0 radical (unpaired) electrons. The Morgan fingerprint density at radius 2 is 2.05 bits per heavy atom. The van der Waals surface area contributed by atoms with Gasteiger partial charge in [0, 0.05) is 29.0 Å². The SMILES string of the molecule is COCc1ccccc1NS(=O)(=O)c1cc(CN)sc1C. The lowest BCUT2D eigenvalue weighted by Crippen LogP contribution is -2.14. The van der Waals surface area contributed by atoms with Gasteiger partial charge in [-0.05, 0) is 19.1 Å². The van der Waals surface area contributed by atoms with Crippen molar-refractivity contribution in [2.24, 2.45) is 5.73 Å². The van der Waals surface area contributed by atoms with Gasteiger partial charge in [-0.3, -0.25) is 4.72 Å². The van der Waals surface area contributed by atoms with Crippen LogP contribution in [-0.2, 0) is 27.9 Å². The number of anilines is 1. The molecule has 0 unspecified atom stereocenters. The van der Waals surface area contributed by atoms with Gasteiger partial charge in [0.2, 0.25) is 0 Å². The highest BCUT2D eigenvalue weighted by molar-refractivity contribution is 7.93. The fourth-order valence-corrected chi connectivity index (χ4v) is 4.61. The van der Waals surface area contributed by atoms with E-state index in [1.54, 1.807) is 32.2 Å². The molecule has 0 saturated carbocycles. The van der Waals surface area contributed by atoms with Gasteiger partial charge in [0.15, 0.2) is 0 Å². The van der Waals surface area contributed by atoms with Gasteiger partial charge in [-0.15, -0.1) is 11.3 Å². The molecule has 2 rings (SSSR count). The molecule has 0 spiro atoms. The second-order valence-corrected chi connectivity index (χ2v) is 7.52. The summed E-state index contributed by atoms with van der Waals surface area (Å²) >= 11 is 1.40. The van der Waals surface area contributed by atoms with Gasteiger partial charge in [0.25, 0.3) is 10.0 Å². The van der Waals surface area contributed by atoms with Crippen molar-refractivity contribution in [3.63, 3.8) is 0 Å². The Kier molecular flexibility index (Phi) is 5.00. The minimum absolute atomic E-state index is 0.278. The van der Waals surface area contributed by atoms with Crippen molar-refractivity contribution in [1.82, 2.24) is 0 Å². The second-order valence-electron chi connectivity index (χ2n) is 4.53. The largest absolute Gasteiger partial charge is 0.380 e. The van der Waals surface area contributed by atoms with E-state index >= 15 is 0 Å². The van der Waals surface area contributed by atoms with E-state index in [9.17, 15) is 8.42 Å². The fraction of sp³-hybridized carbons (Fsp3) is 0.286. The number of para-hydroxylation sites is 1. The molecule has 0 saturated heterocycles. The number of aryl methyl sites for hydroxylation is 1. The molecular formula is C14H18N2O3S2. The number of hydrogen-bond acceptors (Lipinski definition) is 5. The zero-order chi connectivity index (χ0) is 15.5. The third-order valence-corrected chi connectivity index (χ3v) is 5.67. The van der Waals surface area contributed by atoms with E-state index in [4.69, 9.17) is 10.5 Å². The molecule has 7 heteroatoms. The van der Waals surface area contributed by atoms with E-state index < -0.39 is 10.0 Å². The van der Waals surface area contributed by atoms with Crippen LogP contribution in [0.25, 0.3) is 0 Å². The number of hydrogen-bond donors (Lipinski definition) is 2. The van der Waals surface area contributed by atoms with E-state index in [1.165, 1.54) is 11.3 Å². The summed E-state index contributed by atoms with van der Waals surface area (Å²) in [5, 5.41) is 0. The van der Waals surface area contributed by atoms with Gasteiger partial charge in [-0.1, -0.05) is 18.2 Å². The standard InChI is InChI=1S/C14H18N2O3S2/c1-10-14(7-12(8-15)20-10)21(17,18)16-13-6-4-3-5-11(13)9-19-2/h3-7,16H,8-9,15H2,1-2H3. The summed E-state index contributed by atoms with van der Waals surface area (Å²) in [5.74, 6) is 0. The topological polar surface area (TPSA) is 81.4 Å². The highest BCUT2D eigenvalue weighted by Gasteiger charge is 2.20. The van der Waals surface area contributed by atoms with Crippen molar-refractivity contribution in [3.05, 3.63) is 45.6 Å². The van der Waals surface area contributed by atoms with Crippen LogP contribution in [0.1, 0.15) is 15.3 Å². The fourth-order valence-electron chi connectivity index (χ4n) is 1.99. The number of nitrogens with two attached hydrogens (primary N) is 1. The second kappa shape index (κ2) is 6.57. The zero-order valence-electron chi connectivity index (χ0n) is 11.9. The average molecular weight is 326 g/mol. The van der Waals surface area contributed by atoms with Crippen molar-refractivity contribution in [1.29, 1.82) is 0 Å². The van der Waals surface area contributed by atoms with Gasteiger partial charge >= 0.3 is 0 Å². The highest BCUT2D eigenvalue weighted by atomic mass is 32.2. The molecule has 1 aromatic carbocycles. The number of ether oxygens (including phenoxy) is 1. The minimum atomic E-state index is -3.62. The Balaban J connectivity index is 2.35. The van der Waals surface area contributed by atoms with E-state index in [0.717, 1.165) is 15.3 Å². The van der Waals surface area contributed by atoms with Crippen LogP contribution in [0.15, 0.2) is 35.2 Å². The van der Waals surface area contributed by atoms with Crippen LogP contribution in [0.4, 0.5) is 5.69 Å². The summed E-state index contributed by atoms with van der Waals surface area (Å²) < 4.78 is 32.8. The summed E-state index contributed by atoms with van der Waals surface area (Å²) in [7, 11) is -2.05. The van der Waals surface area contributed by atoms with Crippen molar-refractivity contribution < 1.29 is 13.2 Å². The summed E-state index contributed by atoms with van der Waals surface area (Å²) in [6, 6.07) is 8.79. The Morgan fingerprint density at radius 1 is 1.33 bits per heavy atom. The smallest absolute Gasteiger partial charge is 0.263 e. The van der Waals surface area contributed by atoms with E-state index in [-0.39, 0.29) is 4.90 Å². The summed E-state index contributed by atoms with van der Waals surface area (Å²) in [6.07, 6.45) is 0. The first-order valence-electron chi connectivity index (χ1n) is 6.37. The first-order valence-corrected chi connectivity index (χ1v) is 8.67. The molecular weight excluding hydrogens is 308 g/mol.